The Morgan fingerprint density at radius 1 is 1.07 bits per heavy atom. The molecule has 5 rings (SSSR count). The van der Waals surface area contributed by atoms with Gasteiger partial charge in [-0.05, 0) is 55.5 Å². The number of aromatic hydroxyl groups is 1. The fourth-order valence-electron chi connectivity index (χ4n) is 4.39. The van der Waals surface area contributed by atoms with Crippen molar-refractivity contribution < 1.29 is 24.5 Å². The molecule has 0 saturated carbocycles. The number of benzene rings is 3. The van der Waals surface area contributed by atoms with Crippen LogP contribution in [0.4, 0.5) is 0 Å². The van der Waals surface area contributed by atoms with Crippen LogP contribution in [-0.4, -0.2) is 56.2 Å². The molecule has 1 aliphatic rings. The third kappa shape index (κ3) is 5.24. The molecule has 0 fully saturated rings. The lowest BCUT2D eigenvalue weighted by Gasteiger charge is -2.15. The van der Waals surface area contributed by atoms with Crippen molar-refractivity contribution in [3.05, 3.63) is 99.6 Å². The van der Waals surface area contributed by atoms with E-state index >= 15 is 0 Å². The number of halogens is 1. The van der Waals surface area contributed by atoms with E-state index in [1.165, 1.54) is 18.2 Å². The normalized spacial score (nSPS) is 13.9. The number of methoxy groups -OCH3 is 1. The molecule has 1 aromatic heterocycles. The van der Waals surface area contributed by atoms with Crippen molar-refractivity contribution in [3.8, 4) is 17.2 Å². The Balaban J connectivity index is 1.47. The van der Waals surface area contributed by atoms with E-state index < -0.39 is 24.6 Å². The zero-order valence-corrected chi connectivity index (χ0v) is 22.3. The van der Waals surface area contributed by atoms with Crippen LogP contribution < -0.4 is 15.4 Å². The van der Waals surface area contributed by atoms with Crippen LogP contribution >= 0.6 is 11.6 Å². The molecule has 204 valence electrons. The van der Waals surface area contributed by atoms with Gasteiger partial charge in [0, 0.05) is 27.3 Å². The monoisotopic (exact) mass is 560 g/mol. The number of ether oxygens (including phenoxy) is 1. The molecule has 0 aliphatic carbocycles. The molecule has 11 nitrogen and oxygen atoms in total. The number of aliphatic hydroxyl groups excluding tert-OH is 1. The second-order valence-corrected chi connectivity index (χ2v) is 9.40. The largest absolute Gasteiger partial charge is 0.508 e. The van der Waals surface area contributed by atoms with Gasteiger partial charge in [0.15, 0.2) is 12.0 Å². The van der Waals surface area contributed by atoms with Crippen LogP contribution in [0.15, 0.2) is 65.7 Å². The molecule has 1 atom stereocenters. The van der Waals surface area contributed by atoms with Crippen LogP contribution in [0, 0.1) is 6.92 Å². The molecule has 12 heteroatoms. The maximum atomic E-state index is 13.0. The molecule has 2 heterocycles. The van der Waals surface area contributed by atoms with Gasteiger partial charge in [0.05, 0.1) is 31.7 Å². The van der Waals surface area contributed by atoms with E-state index in [4.69, 9.17) is 21.3 Å². The smallest absolute Gasteiger partial charge is 0.251 e. The number of fused-ring (bicyclic) bond motifs is 3. The molecule has 0 bridgehead atoms. The molecule has 4 N–H and O–H groups in total. The number of nitrogens with zero attached hydrogens (tertiary/aromatic N) is 4. The van der Waals surface area contributed by atoms with Crippen LogP contribution in [-0.2, 0) is 11.4 Å². The van der Waals surface area contributed by atoms with Crippen LogP contribution in [0.3, 0.4) is 0 Å². The second kappa shape index (κ2) is 11.2. The van der Waals surface area contributed by atoms with Crippen LogP contribution in [0.5, 0.6) is 11.5 Å². The topological polar surface area (TPSA) is 151 Å². The summed E-state index contributed by atoms with van der Waals surface area (Å²) in [5, 5.41) is 33.6. The third-order valence-corrected chi connectivity index (χ3v) is 6.64. The number of rotatable bonds is 7. The highest BCUT2D eigenvalue weighted by Crippen LogP contribution is 2.32. The summed E-state index contributed by atoms with van der Waals surface area (Å²) in [5.74, 6) is 0.408. The van der Waals surface area contributed by atoms with Gasteiger partial charge in [0.2, 0.25) is 5.91 Å². The zero-order valence-electron chi connectivity index (χ0n) is 21.6. The van der Waals surface area contributed by atoms with E-state index in [9.17, 15) is 19.8 Å². The number of aliphatic hydroxyl groups is 1. The standard InChI is InChI=1S/C28H25ClN6O5/c1-15-33-34-27-26(31-24(38)13-30-28(39)17-5-10-23(37)18(11-17)14-36)32-25(16-3-6-19(29)7-4-16)21-12-20(40-2)8-9-22(21)35(15)27/h3-12,26,36-37H,13-14H2,1-2H3,(H,30,39)(H,31,38)/t26-/m1/s1. The number of amides is 2. The summed E-state index contributed by atoms with van der Waals surface area (Å²) in [6.07, 6.45) is -0.940. The van der Waals surface area contributed by atoms with E-state index in [1.54, 1.807) is 26.2 Å². The van der Waals surface area contributed by atoms with E-state index in [-0.39, 0.29) is 23.4 Å². The van der Waals surface area contributed by atoms with Crippen LogP contribution in [0.25, 0.3) is 5.69 Å². The first kappa shape index (κ1) is 26.9. The van der Waals surface area contributed by atoms with Gasteiger partial charge >= 0.3 is 0 Å². The number of aromatic nitrogens is 3. The number of aliphatic imine (C=N–C) groups is 1. The Kier molecular flexibility index (Phi) is 7.50. The Hall–Kier alpha value is -4.74. The summed E-state index contributed by atoms with van der Waals surface area (Å²) in [7, 11) is 1.58. The van der Waals surface area contributed by atoms with Gasteiger partial charge in [-0.1, -0.05) is 23.7 Å². The van der Waals surface area contributed by atoms with Crippen LogP contribution in [0.1, 0.15) is 44.9 Å². The van der Waals surface area contributed by atoms with Gasteiger partial charge in [0.25, 0.3) is 5.91 Å². The van der Waals surface area contributed by atoms with Gasteiger partial charge in [-0.3, -0.25) is 19.1 Å². The van der Waals surface area contributed by atoms with Crippen molar-refractivity contribution in [3.63, 3.8) is 0 Å². The number of carbonyl (C=O) groups excluding carboxylic acids is 2. The molecule has 4 aromatic rings. The molecule has 0 radical (unpaired) electrons. The number of hydrogen-bond donors (Lipinski definition) is 4. The highest BCUT2D eigenvalue weighted by Gasteiger charge is 2.29. The number of carbonyl (C=O) groups is 2. The molecular formula is C28H25ClN6O5. The summed E-state index contributed by atoms with van der Waals surface area (Å²) in [5.41, 5.74) is 3.21. The molecule has 1 aliphatic heterocycles. The first-order valence-electron chi connectivity index (χ1n) is 12.2. The minimum absolute atomic E-state index is 0.127. The summed E-state index contributed by atoms with van der Waals surface area (Å²) in [6, 6.07) is 16.8. The molecule has 2 amide bonds. The zero-order chi connectivity index (χ0) is 28.4. The molecule has 0 spiro atoms. The predicted molar refractivity (Wildman–Crippen MR) is 147 cm³/mol. The van der Waals surface area contributed by atoms with E-state index in [0.717, 1.165) is 16.8 Å². The van der Waals surface area contributed by atoms with Gasteiger partial charge in [-0.15, -0.1) is 10.2 Å². The predicted octanol–water partition coefficient (Wildman–Crippen LogP) is 2.83. The SMILES string of the molecule is COc1ccc2c(c1)C(c1ccc(Cl)cc1)=N[C@@H](NC(=O)CNC(=O)c1ccc(O)c(CO)c1)c1nnc(C)n1-2. The van der Waals surface area contributed by atoms with Crippen molar-refractivity contribution >= 4 is 29.1 Å². The van der Waals surface area contributed by atoms with Gasteiger partial charge in [-0.25, -0.2) is 0 Å². The summed E-state index contributed by atoms with van der Waals surface area (Å²) in [4.78, 5) is 30.6. The fourth-order valence-corrected chi connectivity index (χ4v) is 4.52. The molecular weight excluding hydrogens is 536 g/mol. The van der Waals surface area contributed by atoms with Crippen molar-refractivity contribution in [1.29, 1.82) is 0 Å². The quantitative estimate of drug-likeness (QED) is 0.271. The minimum Gasteiger partial charge on any atom is -0.508 e. The average molecular weight is 561 g/mol. The maximum absolute atomic E-state index is 13.0. The number of hydrogen-bond acceptors (Lipinski definition) is 8. The van der Waals surface area contributed by atoms with Crippen molar-refractivity contribution in [1.82, 2.24) is 25.4 Å². The minimum atomic E-state index is -0.940. The van der Waals surface area contributed by atoms with E-state index in [0.29, 0.717) is 28.1 Å². The molecule has 0 unspecified atom stereocenters. The van der Waals surface area contributed by atoms with Gasteiger partial charge in [0.1, 0.15) is 17.3 Å². The molecule has 40 heavy (non-hydrogen) atoms. The second-order valence-electron chi connectivity index (χ2n) is 8.96. The van der Waals surface area contributed by atoms with Crippen LogP contribution in [0.2, 0.25) is 5.02 Å². The van der Waals surface area contributed by atoms with Gasteiger partial charge in [-0.2, -0.15) is 0 Å². The summed E-state index contributed by atoms with van der Waals surface area (Å²) in [6.45, 7) is 1.01. The lowest BCUT2D eigenvalue weighted by Crippen LogP contribution is -2.39. The fraction of sp³-hybridized carbons (Fsp3) is 0.179. The average Bonchev–Trinajstić information content (AvgIpc) is 3.29. The number of nitrogens with one attached hydrogen (secondary N) is 2. The number of aryl methyl sites for hydroxylation is 1. The van der Waals surface area contributed by atoms with E-state index in [1.807, 2.05) is 34.9 Å². The molecule has 3 aromatic carbocycles. The van der Waals surface area contributed by atoms with Crippen molar-refractivity contribution in [2.45, 2.75) is 19.7 Å². The van der Waals surface area contributed by atoms with Crippen molar-refractivity contribution in [2.24, 2.45) is 4.99 Å². The van der Waals surface area contributed by atoms with Gasteiger partial charge < -0.3 is 25.6 Å². The lowest BCUT2D eigenvalue weighted by molar-refractivity contribution is -0.120. The Morgan fingerprint density at radius 2 is 1.85 bits per heavy atom. The Morgan fingerprint density at radius 3 is 2.58 bits per heavy atom. The maximum Gasteiger partial charge on any atom is 0.251 e. The van der Waals surface area contributed by atoms with Crippen molar-refractivity contribution in [2.75, 3.05) is 13.7 Å². The third-order valence-electron chi connectivity index (χ3n) is 6.39. The summed E-state index contributed by atoms with van der Waals surface area (Å²) < 4.78 is 7.29. The van der Waals surface area contributed by atoms with E-state index in [2.05, 4.69) is 20.8 Å². The highest BCUT2D eigenvalue weighted by molar-refractivity contribution is 6.30. The Bertz CT molecular complexity index is 1630. The highest BCUT2D eigenvalue weighted by atomic mass is 35.5. The lowest BCUT2D eigenvalue weighted by atomic mass is 10.00. The Labute approximate surface area is 234 Å². The molecule has 0 saturated heterocycles. The first-order valence-corrected chi connectivity index (χ1v) is 12.6. The summed E-state index contributed by atoms with van der Waals surface area (Å²) >= 11 is 6.14. The number of phenols is 1. The first-order chi connectivity index (χ1) is 19.3.